The van der Waals surface area contributed by atoms with Crippen molar-refractivity contribution < 1.29 is 14.7 Å². The molecule has 1 N–H and O–H groups in total. The number of hydrogen-bond donors (Lipinski definition) is 1. The number of benzene rings is 1. The molecular formula is C12H14O3. The van der Waals surface area contributed by atoms with Crippen LogP contribution in [0.15, 0.2) is 30.3 Å². The molecule has 3 heteroatoms. The zero-order chi connectivity index (χ0) is 11.3. The molecule has 0 radical (unpaired) electrons. The molecule has 0 aliphatic carbocycles. The monoisotopic (exact) mass is 206 g/mol. The highest BCUT2D eigenvalue weighted by Crippen LogP contribution is 2.19. The first kappa shape index (κ1) is 11.4. The van der Waals surface area contributed by atoms with Gasteiger partial charge in [-0.3, -0.25) is 9.59 Å². The van der Waals surface area contributed by atoms with Crippen molar-refractivity contribution in [3.63, 3.8) is 0 Å². The maximum Gasteiger partial charge on any atom is 0.310 e. The first-order valence-electron chi connectivity index (χ1n) is 4.88. The molecule has 0 aromatic heterocycles. The van der Waals surface area contributed by atoms with Crippen molar-refractivity contribution >= 4 is 11.8 Å². The third-order valence-electron chi connectivity index (χ3n) is 2.25. The molecular weight excluding hydrogens is 192 g/mol. The Morgan fingerprint density at radius 3 is 2.40 bits per heavy atom. The lowest BCUT2D eigenvalue weighted by molar-refractivity contribution is -0.140. The Balaban J connectivity index is 2.53. The van der Waals surface area contributed by atoms with Crippen molar-refractivity contribution in [3.8, 4) is 0 Å². The fraction of sp³-hybridized carbons (Fsp3) is 0.333. The summed E-state index contributed by atoms with van der Waals surface area (Å²) >= 11 is 0. The summed E-state index contributed by atoms with van der Waals surface area (Å²) in [4.78, 5) is 21.6. The second-order valence-electron chi connectivity index (χ2n) is 3.63. The van der Waals surface area contributed by atoms with Gasteiger partial charge in [-0.25, -0.2) is 0 Å². The summed E-state index contributed by atoms with van der Waals surface area (Å²) in [6.45, 7) is 1.93. The van der Waals surface area contributed by atoms with Crippen molar-refractivity contribution in [2.45, 2.75) is 25.7 Å². The van der Waals surface area contributed by atoms with Crippen LogP contribution in [0.5, 0.6) is 0 Å². The maximum absolute atomic E-state index is 11.3. The normalized spacial score (nSPS) is 12.1. The van der Waals surface area contributed by atoms with Crippen LogP contribution in [0.4, 0.5) is 0 Å². The van der Waals surface area contributed by atoms with Gasteiger partial charge in [0.05, 0.1) is 0 Å². The van der Waals surface area contributed by atoms with Crippen molar-refractivity contribution in [1.29, 1.82) is 0 Å². The van der Waals surface area contributed by atoms with E-state index in [9.17, 15) is 9.59 Å². The van der Waals surface area contributed by atoms with Gasteiger partial charge in [-0.05, 0) is 11.5 Å². The lowest BCUT2D eigenvalue weighted by Gasteiger charge is -2.09. The molecule has 0 bridgehead atoms. The van der Waals surface area contributed by atoms with E-state index < -0.39 is 5.97 Å². The molecule has 1 rings (SSSR count). The summed E-state index contributed by atoms with van der Waals surface area (Å²) < 4.78 is 0. The van der Waals surface area contributed by atoms with Crippen LogP contribution >= 0.6 is 0 Å². The molecule has 3 nitrogen and oxygen atoms in total. The van der Waals surface area contributed by atoms with E-state index in [1.807, 2.05) is 37.3 Å². The molecule has 1 unspecified atom stereocenters. The number of carbonyl (C=O) groups is 2. The van der Waals surface area contributed by atoms with E-state index in [2.05, 4.69) is 0 Å². The first-order chi connectivity index (χ1) is 7.09. The molecule has 0 amide bonds. The standard InChI is InChI=1S/C12H14O3/c1-9(7-11(13)8-12(14)15)10-5-3-2-4-6-10/h2-6,9H,7-8H2,1H3,(H,14,15). The Morgan fingerprint density at radius 1 is 1.27 bits per heavy atom. The second kappa shape index (κ2) is 5.29. The van der Waals surface area contributed by atoms with Gasteiger partial charge in [-0.2, -0.15) is 0 Å². The highest BCUT2D eigenvalue weighted by atomic mass is 16.4. The predicted molar refractivity (Wildman–Crippen MR) is 56.7 cm³/mol. The number of carbonyl (C=O) groups excluding carboxylic acids is 1. The van der Waals surface area contributed by atoms with Crippen LogP contribution in [0.3, 0.4) is 0 Å². The number of Topliss-reactive ketones (excluding diaryl/α,β-unsaturated/α-hetero) is 1. The van der Waals surface area contributed by atoms with Gasteiger partial charge in [0.15, 0.2) is 0 Å². The average molecular weight is 206 g/mol. The fourth-order valence-electron chi connectivity index (χ4n) is 1.48. The molecule has 0 aliphatic heterocycles. The number of rotatable bonds is 5. The van der Waals surface area contributed by atoms with E-state index in [1.54, 1.807) is 0 Å². The van der Waals surface area contributed by atoms with E-state index in [1.165, 1.54) is 0 Å². The van der Waals surface area contributed by atoms with E-state index in [0.717, 1.165) is 5.56 Å². The number of carboxylic acid groups (broad SMARTS) is 1. The minimum Gasteiger partial charge on any atom is -0.481 e. The molecule has 0 fully saturated rings. The predicted octanol–water partition coefficient (Wildman–Crippen LogP) is 2.22. The molecule has 1 aromatic rings. The van der Waals surface area contributed by atoms with Crippen LogP contribution < -0.4 is 0 Å². The summed E-state index contributed by atoms with van der Waals surface area (Å²) in [5.41, 5.74) is 1.07. The second-order valence-corrected chi connectivity index (χ2v) is 3.63. The minimum absolute atomic E-state index is 0.0815. The van der Waals surface area contributed by atoms with Gasteiger partial charge in [0.25, 0.3) is 0 Å². The Hall–Kier alpha value is -1.64. The molecule has 0 aliphatic rings. The van der Waals surface area contributed by atoms with Crippen LogP contribution in [0.1, 0.15) is 31.2 Å². The van der Waals surface area contributed by atoms with Crippen molar-refractivity contribution in [1.82, 2.24) is 0 Å². The molecule has 1 aromatic carbocycles. The van der Waals surface area contributed by atoms with Gasteiger partial charge in [0, 0.05) is 6.42 Å². The van der Waals surface area contributed by atoms with E-state index in [4.69, 9.17) is 5.11 Å². The lowest BCUT2D eigenvalue weighted by atomic mass is 9.95. The number of aliphatic carboxylic acids is 1. The summed E-state index contributed by atoms with van der Waals surface area (Å²) in [7, 11) is 0. The van der Waals surface area contributed by atoms with Crippen LogP contribution in [-0.2, 0) is 9.59 Å². The van der Waals surface area contributed by atoms with Gasteiger partial charge < -0.3 is 5.11 Å². The van der Waals surface area contributed by atoms with Crippen LogP contribution in [0.2, 0.25) is 0 Å². The molecule has 80 valence electrons. The number of ketones is 1. The zero-order valence-corrected chi connectivity index (χ0v) is 8.64. The van der Waals surface area contributed by atoms with Crippen LogP contribution in [0.25, 0.3) is 0 Å². The SMILES string of the molecule is CC(CC(=O)CC(=O)O)c1ccccc1. The minimum atomic E-state index is -1.06. The molecule has 0 saturated heterocycles. The third-order valence-corrected chi connectivity index (χ3v) is 2.25. The summed E-state index contributed by atoms with van der Waals surface area (Å²) in [5.74, 6) is -1.20. The topological polar surface area (TPSA) is 54.4 Å². The van der Waals surface area contributed by atoms with Gasteiger partial charge in [0.2, 0.25) is 0 Å². The highest BCUT2D eigenvalue weighted by Gasteiger charge is 2.13. The first-order valence-corrected chi connectivity index (χ1v) is 4.88. The molecule has 0 spiro atoms. The van der Waals surface area contributed by atoms with Crippen LogP contribution in [-0.4, -0.2) is 16.9 Å². The number of carboxylic acids is 1. The van der Waals surface area contributed by atoms with Gasteiger partial charge in [0.1, 0.15) is 12.2 Å². The quantitative estimate of drug-likeness (QED) is 0.751. The van der Waals surface area contributed by atoms with E-state index in [-0.39, 0.29) is 24.5 Å². The Kier molecular flexibility index (Phi) is 4.03. The van der Waals surface area contributed by atoms with E-state index >= 15 is 0 Å². The molecule has 15 heavy (non-hydrogen) atoms. The lowest BCUT2D eigenvalue weighted by Crippen LogP contribution is -2.09. The van der Waals surface area contributed by atoms with Crippen LogP contribution in [0, 0.1) is 0 Å². The highest BCUT2D eigenvalue weighted by molar-refractivity contribution is 5.94. The fourth-order valence-corrected chi connectivity index (χ4v) is 1.48. The van der Waals surface area contributed by atoms with Crippen molar-refractivity contribution in [2.24, 2.45) is 0 Å². The van der Waals surface area contributed by atoms with Crippen molar-refractivity contribution in [2.75, 3.05) is 0 Å². The molecule has 0 saturated carbocycles. The summed E-state index contributed by atoms with van der Waals surface area (Å²) in [6, 6.07) is 9.62. The number of hydrogen-bond acceptors (Lipinski definition) is 2. The summed E-state index contributed by atoms with van der Waals surface area (Å²) in [6.07, 6.45) is -0.0898. The third kappa shape index (κ3) is 3.94. The Bertz CT molecular complexity index is 343. The largest absolute Gasteiger partial charge is 0.481 e. The average Bonchev–Trinajstić information content (AvgIpc) is 2.17. The Labute approximate surface area is 88.7 Å². The maximum atomic E-state index is 11.3. The smallest absolute Gasteiger partial charge is 0.310 e. The Morgan fingerprint density at radius 2 is 1.87 bits per heavy atom. The van der Waals surface area contributed by atoms with E-state index in [0.29, 0.717) is 0 Å². The van der Waals surface area contributed by atoms with Crippen molar-refractivity contribution in [3.05, 3.63) is 35.9 Å². The molecule has 1 atom stereocenters. The van der Waals surface area contributed by atoms with Gasteiger partial charge in [-0.1, -0.05) is 37.3 Å². The van der Waals surface area contributed by atoms with Gasteiger partial charge >= 0.3 is 5.97 Å². The van der Waals surface area contributed by atoms with Gasteiger partial charge in [-0.15, -0.1) is 0 Å². The zero-order valence-electron chi connectivity index (χ0n) is 8.64. The summed E-state index contributed by atoms with van der Waals surface area (Å²) in [5, 5.41) is 8.45. The molecule has 0 heterocycles.